The summed E-state index contributed by atoms with van der Waals surface area (Å²) >= 11 is 0. The van der Waals surface area contributed by atoms with Gasteiger partial charge >= 0.3 is 0 Å². The topological polar surface area (TPSA) is 46.2 Å². The molecule has 0 unspecified atom stereocenters. The molecule has 1 rings (SSSR count). The molecule has 2 heteroatoms. The predicted octanol–water partition coefficient (Wildman–Crippen LogP) is 2.36. The Hall–Kier alpha value is -0.860. The van der Waals surface area contributed by atoms with Crippen molar-refractivity contribution in [3.05, 3.63) is 35.4 Å². The van der Waals surface area contributed by atoms with Crippen LogP contribution in [0, 0.1) is 0 Å². The van der Waals surface area contributed by atoms with Gasteiger partial charge in [-0.3, -0.25) is 0 Å². The van der Waals surface area contributed by atoms with Gasteiger partial charge in [0.2, 0.25) is 0 Å². The van der Waals surface area contributed by atoms with Gasteiger partial charge in [0, 0.05) is 0 Å². The van der Waals surface area contributed by atoms with Gasteiger partial charge in [-0.1, -0.05) is 45.0 Å². The van der Waals surface area contributed by atoms with Crippen LogP contribution in [0.15, 0.2) is 24.3 Å². The Kier molecular flexibility index (Phi) is 3.53. The van der Waals surface area contributed by atoms with E-state index in [1.54, 1.807) is 6.92 Å². The Morgan fingerprint density at radius 3 is 2.33 bits per heavy atom. The maximum atomic E-state index is 9.44. The lowest BCUT2D eigenvalue weighted by atomic mass is 9.85. The molecule has 0 saturated heterocycles. The minimum absolute atomic E-state index is 0.119. The molecular formula is C13H21NO. The summed E-state index contributed by atoms with van der Waals surface area (Å²) in [7, 11) is 0. The zero-order valence-corrected chi connectivity index (χ0v) is 9.99. The number of aliphatic hydroxyl groups is 1. The van der Waals surface area contributed by atoms with E-state index in [1.807, 2.05) is 12.1 Å². The number of benzene rings is 1. The van der Waals surface area contributed by atoms with Crippen LogP contribution in [-0.4, -0.2) is 11.2 Å². The third kappa shape index (κ3) is 3.05. The molecule has 0 saturated carbocycles. The highest BCUT2D eigenvalue weighted by Gasteiger charge is 2.17. The van der Waals surface area contributed by atoms with Crippen molar-refractivity contribution in [2.75, 3.05) is 0 Å². The predicted molar refractivity (Wildman–Crippen MR) is 63.8 cm³/mol. The first-order valence-corrected chi connectivity index (χ1v) is 5.36. The molecule has 0 radical (unpaired) electrons. The summed E-state index contributed by atoms with van der Waals surface area (Å²) in [5.74, 6) is 0. The fourth-order valence-corrected chi connectivity index (χ4v) is 1.49. The van der Waals surface area contributed by atoms with E-state index in [1.165, 1.54) is 5.56 Å². The van der Waals surface area contributed by atoms with E-state index < -0.39 is 6.10 Å². The van der Waals surface area contributed by atoms with Gasteiger partial charge in [-0.25, -0.2) is 0 Å². The molecule has 0 amide bonds. The van der Waals surface area contributed by atoms with Gasteiger partial charge in [0.25, 0.3) is 0 Å². The largest absolute Gasteiger partial charge is 0.391 e. The average molecular weight is 207 g/mol. The van der Waals surface area contributed by atoms with E-state index in [9.17, 15) is 5.11 Å². The third-order valence-electron chi connectivity index (χ3n) is 2.66. The van der Waals surface area contributed by atoms with Gasteiger partial charge < -0.3 is 10.8 Å². The Bertz CT molecular complexity index is 326. The van der Waals surface area contributed by atoms with Crippen LogP contribution < -0.4 is 5.73 Å². The number of aliphatic hydroxyl groups excluding tert-OH is 1. The zero-order valence-electron chi connectivity index (χ0n) is 9.99. The van der Waals surface area contributed by atoms with Crippen LogP contribution in [-0.2, 0) is 5.41 Å². The van der Waals surface area contributed by atoms with Crippen molar-refractivity contribution < 1.29 is 5.11 Å². The standard InChI is InChI=1S/C13H21NO/c1-9(15)12(14)10-6-5-7-11(8-10)13(2,3)4/h5-9,12,15H,14H2,1-4H3/t9-,12+/m1/s1. The van der Waals surface area contributed by atoms with Crippen LogP contribution in [0.5, 0.6) is 0 Å². The molecule has 1 aromatic rings. The molecule has 0 aliphatic heterocycles. The maximum absolute atomic E-state index is 9.44. The smallest absolute Gasteiger partial charge is 0.0704 e. The lowest BCUT2D eigenvalue weighted by molar-refractivity contribution is 0.164. The van der Waals surface area contributed by atoms with Crippen LogP contribution in [0.4, 0.5) is 0 Å². The van der Waals surface area contributed by atoms with Crippen molar-refractivity contribution >= 4 is 0 Å². The summed E-state index contributed by atoms with van der Waals surface area (Å²) in [6, 6.07) is 7.84. The summed E-state index contributed by atoms with van der Waals surface area (Å²) in [6.45, 7) is 8.22. The number of nitrogens with two attached hydrogens (primary N) is 1. The van der Waals surface area contributed by atoms with Gasteiger partial charge in [0.15, 0.2) is 0 Å². The lowest BCUT2D eigenvalue weighted by Gasteiger charge is -2.22. The van der Waals surface area contributed by atoms with E-state index in [0.29, 0.717) is 0 Å². The van der Waals surface area contributed by atoms with E-state index >= 15 is 0 Å². The molecule has 0 aliphatic rings. The molecule has 3 N–H and O–H groups in total. The molecule has 2 atom stereocenters. The second kappa shape index (κ2) is 4.33. The van der Waals surface area contributed by atoms with E-state index in [0.717, 1.165) is 5.56 Å². The third-order valence-corrected chi connectivity index (χ3v) is 2.66. The highest BCUT2D eigenvalue weighted by Crippen LogP contribution is 2.25. The zero-order chi connectivity index (χ0) is 11.6. The molecular weight excluding hydrogens is 186 g/mol. The fourth-order valence-electron chi connectivity index (χ4n) is 1.49. The number of hydrogen-bond donors (Lipinski definition) is 2. The quantitative estimate of drug-likeness (QED) is 0.782. The molecule has 0 fully saturated rings. The molecule has 0 aromatic heterocycles. The first-order valence-electron chi connectivity index (χ1n) is 5.36. The first-order chi connectivity index (χ1) is 6.82. The normalized spacial score (nSPS) is 16.1. The highest BCUT2D eigenvalue weighted by atomic mass is 16.3. The van der Waals surface area contributed by atoms with Gasteiger partial charge in [-0.05, 0) is 23.5 Å². The van der Waals surface area contributed by atoms with Crippen LogP contribution in [0.3, 0.4) is 0 Å². The molecule has 15 heavy (non-hydrogen) atoms. The van der Waals surface area contributed by atoms with Crippen molar-refractivity contribution in [2.24, 2.45) is 5.73 Å². The molecule has 0 aliphatic carbocycles. The average Bonchev–Trinajstić information content (AvgIpc) is 2.15. The summed E-state index contributed by atoms with van der Waals surface area (Å²) in [4.78, 5) is 0. The van der Waals surface area contributed by atoms with E-state index in [-0.39, 0.29) is 11.5 Å². The van der Waals surface area contributed by atoms with Gasteiger partial charge in [0.05, 0.1) is 12.1 Å². The fraction of sp³-hybridized carbons (Fsp3) is 0.538. The van der Waals surface area contributed by atoms with Crippen LogP contribution in [0.25, 0.3) is 0 Å². The van der Waals surface area contributed by atoms with Gasteiger partial charge in [-0.2, -0.15) is 0 Å². The maximum Gasteiger partial charge on any atom is 0.0704 e. The Morgan fingerprint density at radius 1 is 1.27 bits per heavy atom. The van der Waals surface area contributed by atoms with Gasteiger partial charge in [0.1, 0.15) is 0 Å². The van der Waals surface area contributed by atoms with Crippen LogP contribution in [0.1, 0.15) is 44.9 Å². The second-order valence-corrected chi connectivity index (χ2v) is 5.14. The molecule has 84 valence electrons. The number of rotatable bonds is 2. The van der Waals surface area contributed by atoms with Crippen LogP contribution in [0.2, 0.25) is 0 Å². The summed E-state index contributed by atoms with van der Waals surface area (Å²) in [6.07, 6.45) is -0.514. The Balaban J connectivity index is 3.03. The van der Waals surface area contributed by atoms with Crippen molar-refractivity contribution in [3.63, 3.8) is 0 Å². The van der Waals surface area contributed by atoms with Crippen molar-refractivity contribution in [3.8, 4) is 0 Å². The minimum Gasteiger partial charge on any atom is -0.391 e. The number of hydrogen-bond acceptors (Lipinski definition) is 2. The summed E-state index contributed by atoms with van der Waals surface area (Å²) in [5, 5.41) is 9.44. The minimum atomic E-state index is -0.514. The molecule has 0 heterocycles. The SMILES string of the molecule is C[C@@H](O)[C@H](N)c1cccc(C(C)(C)C)c1. The molecule has 0 spiro atoms. The van der Waals surface area contributed by atoms with Gasteiger partial charge in [-0.15, -0.1) is 0 Å². The Morgan fingerprint density at radius 2 is 1.87 bits per heavy atom. The lowest BCUT2D eigenvalue weighted by Crippen LogP contribution is -2.23. The van der Waals surface area contributed by atoms with Crippen molar-refractivity contribution in [2.45, 2.75) is 45.3 Å². The molecule has 2 nitrogen and oxygen atoms in total. The second-order valence-electron chi connectivity index (χ2n) is 5.14. The highest BCUT2D eigenvalue weighted by molar-refractivity contribution is 5.30. The van der Waals surface area contributed by atoms with Crippen molar-refractivity contribution in [1.29, 1.82) is 0 Å². The summed E-state index contributed by atoms with van der Waals surface area (Å²) < 4.78 is 0. The van der Waals surface area contributed by atoms with Crippen LogP contribution >= 0.6 is 0 Å². The monoisotopic (exact) mass is 207 g/mol. The van der Waals surface area contributed by atoms with Crippen molar-refractivity contribution in [1.82, 2.24) is 0 Å². The molecule has 0 bridgehead atoms. The Labute approximate surface area is 92.1 Å². The van der Waals surface area contributed by atoms with E-state index in [4.69, 9.17) is 5.73 Å². The molecule has 1 aromatic carbocycles. The first kappa shape index (κ1) is 12.2. The van der Waals surface area contributed by atoms with E-state index in [2.05, 4.69) is 32.9 Å². The summed E-state index contributed by atoms with van der Waals surface area (Å²) in [5.41, 5.74) is 8.26.